The monoisotopic (exact) mass is 1960 g/mol. The van der Waals surface area contributed by atoms with Gasteiger partial charge in [0.1, 0.15) is 6.10 Å². The summed E-state index contributed by atoms with van der Waals surface area (Å²) in [4.78, 5) is 0. The molecule has 0 radical (unpaired) electrons. The molecule has 0 spiro atoms. The zero-order chi connectivity index (χ0) is 106. The molecule has 0 heterocycles. The Kier molecular flexibility index (Phi) is 38.8. The fourth-order valence-corrected chi connectivity index (χ4v) is 17.5. The normalized spacial score (nSPS) is 15.7. The average molecular weight is 1960 g/mol. The van der Waals surface area contributed by atoms with Gasteiger partial charge in [0, 0.05) is 0 Å². The van der Waals surface area contributed by atoms with Crippen LogP contribution >= 0.6 is 0 Å². The Morgan fingerprint density at radius 3 is 1.04 bits per heavy atom. The van der Waals surface area contributed by atoms with Crippen LogP contribution in [0.4, 0.5) is 65.9 Å². The van der Waals surface area contributed by atoms with Crippen LogP contribution < -0.4 is 0 Å². The van der Waals surface area contributed by atoms with E-state index < -0.39 is 111 Å². The predicted molar refractivity (Wildman–Crippen MR) is 536 cm³/mol. The number of rotatable bonds is 34. The van der Waals surface area contributed by atoms with Crippen LogP contribution in [0.25, 0.3) is 81.7 Å². The Morgan fingerprint density at radius 2 is 0.640 bits per heavy atom. The second-order valence-electron chi connectivity index (χ2n) is 38.1. The largest absolute Gasteiger partial charge is 0.428 e. The van der Waals surface area contributed by atoms with Crippen molar-refractivity contribution in [2.45, 2.75) is 348 Å². The van der Waals surface area contributed by atoms with Gasteiger partial charge in [-0.3, -0.25) is 0 Å². The lowest BCUT2D eigenvalue weighted by atomic mass is 9.80. The molecule has 9 atom stereocenters. The Hall–Kier alpha value is -9.25. The van der Waals surface area contributed by atoms with Gasteiger partial charge in [-0.15, -0.1) is 0 Å². The van der Waals surface area contributed by atoms with Gasteiger partial charge in [0.2, 0.25) is 0 Å². The molecular weight excluding hydrogens is 1810 g/mol. The van der Waals surface area contributed by atoms with Crippen LogP contribution in [-0.4, -0.2) is 115 Å². The van der Waals surface area contributed by atoms with E-state index in [9.17, 15) is 91.4 Å². The van der Waals surface area contributed by atoms with Crippen molar-refractivity contribution < 1.29 is 115 Å². The molecule has 0 aromatic heterocycles. The molecule has 139 heavy (non-hydrogen) atoms. The third-order valence-corrected chi connectivity index (χ3v) is 28.1. The van der Waals surface area contributed by atoms with E-state index in [-0.39, 0.29) is 18.9 Å². The first-order valence-corrected chi connectivity index (χ1v) is 47.2. The van der Waals surface area contributed by atoms with Crippen molar-refractivity contribution in [3.63, 3.8) is 0 Å². The Labute approximate surface area is 811 Å². The fourth-order valence-electron chi connectivity index (χ4n) is 17.5. The molecule has 0 saturated carbocycles. The van der Waals surface area contributed by atoms with E-state index in [0.717, 1.165) is 144 Å². The van der Waals surface area contributed by atoms with E-state index in [2.05, 4.69) is 83.1 Å². The third-order valence-electron chi connectivity index (χ3n) is 28.1. The summed E-state index contributed by atoms with van der Waals surface area (Å²) in [6.07, 6.45) is -29.4. The number of hydrogen-bond donors (Lipinski definition) is 5. The van der Waals surface area contributed by atoms with Crippen molar-refractivity contribution in [3.05, 3.63) is 271 Å². The highest BCUT2D eigenvalue weighted by molar-refractivity contribution is 5.98. The van der Waals surface area contributed by atoms with Crippen LogP contribution in [0.5, 0.6) is 0 Å². The molecule has 0 aliphatic heterocycles. The lowest BCUT2D eigenvalue weighted by Gasteiger charge is -2.43. The van der Waals surface area contributed by atoms with Crippen LogP contribution in [0.15, 0.2) is 215 Å². The minimum Gasteiger partial charge on any atom is -0.388 e. The molecule has 10 aromatic carbocycles. The second-order valence-corrected chi connectivity index (χ2v) is 38.1. The molecule has 0 aliphatic carbocycles. The SMILES string of the molecule is C=C(C)c1c(C(CC)(CC)OC(C)C(C)(O)C(F)(F)F)ccc2ccccc12.C=C(C)c1cc(C(CC)(CC)OC(C)C(C)(O)C(F)(F)F)c2ccccc2c1.C=C(C)c1cc(C(CC)(CC)OC(C)C(O)(C(F)(F)F)C(F)(F)F)cc2ccccc12.C=C(C)c1cc2ccccc2cc1C(CC)(CC)OC(C)C(C)(C)O.C=C(C)c1cccc2cccc(C(C)(CC)OC(C)C(C)(O)C(F)(F)F)c12. The first-order chi connectivity index (χ1) is 63.9. The maximum Gasteiger partial charge on any atom is 0.428 e. The molecule has 0 bridgehead atoms. The maximum absolute atomic E-state index is 13.4. The summed E-state index contributed by atoms with van der Waals surface area (Å²) in [5, 5.41) is 60.2. The van der Waals surface area contributed by atoms with Crippen molar-refractivity contribution in [3.8, 4) is 0 Å². The quantitative estimate of drug-likeness (QED) is 0.0247. The molecule has 0 saturated heterocycles. The second kappa shape index (κ2) is 45.6. The molecule has 10 aromatic rings. The Bertz CT molecular complexity index is 5870. The van der Waals surface area contributed by atoms with E-state index in [4.69, 9.17) is 23.7 Å². The van der Waals surface area contributed by atoms with Crippen molar-refractivity contribution >= 4 is 81.7 Å². The number of benzene rings is 10. The Balaban J connectivity index is 0.000000267. The zero-order valence-electron chi connectivity index (χ0n) is 85.1. The zero-order valence-corrected chi connectivity index (χ0v) is 85.1. The van der Waals surface area contributed by atoms with E-state index >= 15 is 0 Å². The summed E-state index contributed by atoms with van der Waals surface area (Å²) in [7, 11) is 0. The van der Waals surface area contributed by atoms with Gasteiger partial charge in [0.05, 0.1) is 58.0 Å². The van der Waals surface area contributed by atoms with Crippen LogP contribution in [0.2, 0.25) is 0 Å². The third kappa shape index (κ3) is 25.5. The van der Waals surface area contributed by atoms with Crippen LogP contribution in [0.3, 0.4) is 0 Å². The minimum atomic E-state index is -5.97. The van der Waals surface area contributed by atoms with Gasteiger partial charge in [0.15, 0.2) is 16.8 Å². The highest BCUT2D eigenvalue weighted by atomic mass is 19.4. The number of fused-ring (bicyclic) bond motifs is 5. The molecular formula is C114H143F15O10. The van der Waals surface area contributed by atoms with Gasteiger partial charge in [-0.25, -0.2) is 0 Å². The molecule has 5 N–H and O–H groups in total. The van der Waals surface area contributed by atoms with Gasteiger partial charge in [-0.05, 0) is 314 Å². The first-order valence-electron chi connectivity index (χ1n) is 47.2. The van der Waals surface area contributed by atoms with E-state index in [1.165, 1.54) is 37.1 Å². The average Bonchev–Trinajstić information content (AvgIpc) is 0.742. The van der Waals surface area contributed by atoms with Gasteiger partial charge in [-0.2, -0.15) is 65.9 Å². The lowest BCUT2D eigenvalue weighted by molar-refractivity contribution is -0.400. The van der Waals surface area contributed by atoms with Gasteiger partial charge < -0.3 is 49.2 Å². The number of aliphatic hydroxyl groups is 5. The molecule has 10 nitrogen and oxygen atoms in total. The smallest absolute Gasteiger partial charge is 0.388 e. The number of hydrogen-bond acceptors (Lipinski definition) is 10. The van der Waals surface area contributed by atoms with Gasteiger partial charge in [0.25, 0.3) is 5.60 Å². The molecule has 10 rings (SSSR count). The summed E-state index contributed by atoms with van der Waals surface area (Å²) in [6, 6.07) is 58.4. The summed E-state index contributed by atoms with van der Waals surface area (Å²) < 4.78 is 230. The minimum absolute atomic E-state index is 0.0909. The summed E-state index contributed by atoms with van der Waals surface area (Å²) in [6.45, 7) is 60.7. The van der Waals surface area contributed by atoms with E-state index in [0.29, 0.717) is 50.2 Å². The van der Waals surface area contributed by atoms with Gasteiger partial charge >= 0.3 is 30.9 Å². The van der Waals surface area contributed by atoms with Crippen molar-refractivity contribution in [2.24, 2.45) is 0 Å². The van der Waals surface area contributed by atoms with Gasteiger partial charge in [-0.1, -0.05) is 269 Å². The van der Waals surface area contributed by atoms with Crippen LogP contribution in [0, 0.1) is 0 Å². The van der Waals surface area contributed by atoms with E-state index in [1.807, 2.05) is 191 Å². The maximum atomic E-state index is 13.4. The number of alkyl halides is 15. The Morgan fingerprint density at radius 1 is 0.281 bits per heavy atom. The van der Waals surface area contributed by atoms with Crippen molar-refractivity contribution in [1.82, 2.24) is 0 Å². The highest BCUT2D eigenvalue weighted by Gasteiger charge is 2.74. The van der Waals surface area contributed by atoms with Crippen LogP contribution in [0.1, 0.15) is 287 Å². The number of allylic oxidation sites excluding steroid dienone is 5. The lowest BCUT2D eigenvalue weighted by Crippen LogP contribution is -2.65. The van der Waals surface area contributed by atoms with Crippen LogP contribution in [-0.2, 0) is 51.7 Å². The fraction of sp³-hybridized carbons (Fsp3) is 0.474. The first kappa shape index (κ1) is 118. The number of halogens is 15. The highest BCUT2D eigenvalue weighted by Crippen LogP contribution is 2.53. The summed E-state index contributed by atoms with van der Waals surface area (Å²) in [5.41, 5.74) is -6.81. The molecule has 9 unspecified atom stereocenters. The standard InChI is InChI=1S/C23H26F6O2.2C23H29F3O2.C23H32O2.C22H27F3O2/c1-6-20(7-2,31-15(5)21(30,22(24,25)26)23(27,28)29)17-12-16-10-8-9-11-18(16)19(13-17)14(3)4;1-7-22(8-2,28-16(5)21(6,27)23(24,25)26)20-14-18(15(3)4)13-17-11-9-10-12-19(17)20;1-7-22(8-2,28-16(5)21(6,27)23(24,25)26)19-14-13-17-11-9-10-12-18(17)20(19)15(3)4;1-8-23(9-2,25-17(5)22(6,7)24)21-15-19-13-11-10-12-18(19)14-20(21)16(3)4;1-7-20(5,27-15(4)21(6,26)22(23,24)25)18-13-9-11-16-10-8-12-17(14(2)3)19(16)18/h8-13,15,30H,3,6-7H2,1-2,4-5H3;2*9-14,16,27H,3,7-8H2,1-2,4-6H3;10-15,17,24H,3,8-9H2,1-2,4-7H3;8-13,15,26H,2,7H2,1,3-6H3. The molecule has 0 aliphatic rings. The summed E-state index contributed by atoms with van der Waals surface area (Å²) >= 11 is 0. The molecule has 25 heteroatoms. The predicted octanol–water partition coefficient (Wildman–Crippen LogP) is 32.6. The van der Waals surface area contributed by atoms with Crippen molar-refractivity contribution in [2.75, 3.05) is 0 Å². The van der Waals surface area contributed by atoms with Crippen molar-refractivity contribution in [1.29, 1.82) is 0 Å². The topological polar surface area (TPSA) is 147 Å². The van der Waals surface area contributed by atoms with E-state index in [1.54, 1.807) is 65.8 Å². The molecule has 0 amide bonds. The molecule has 764 valence electrons. The summed E-state index contributed by atoms with van der Waals surface area (Å²) in [5.74, 6) is 0. The number of ether oxygens (including phenoxy) is 5. The molecule has 0 fully saturated rings.